The fourth-order valence-corrected chi connectivity index (χ4v) is 3.57. The summed E-state index contributed by atoms with van der Waals surface area (Å²) in [6.07, 6.45) is 0.717. The van der Waals surface area contributed by atoms with Crippen LogP contribution in [0.4, 0.5) is 11.4 Å². The summed E-state index contributed by atoms with van der Waals surface area (Å²) in [5, 5.41) is 0. The number of ether oxygens (including phenoxy) is 1. The highest BCUT2D eigenvalue weighted by Gasteiger charge is 2.30. The van der Waals surface area contributed by atoms with Crippen molar-refractivity contribution in [2.45, 2.75) is 13.3 Å². The molecule has 0 saturated carbocycles. The molecule has 0 saturated heterocycles. The summed E-state index contributed by atoms with van der Waals surface area (Å²) < 4.78 is 30.9. The van der Waals surface area contributed by atoms with E-state index in [1.165, 1.54) is 4.31 Å². The molecule has 1 aliphatic heterocycles. The molecular weight excluding hydrogens is 252 g/mol. The number of fused-ring (bicyclic) bond motifs is 1. The zero-order valence-corrected chi connectivity index (χ0v) is 11.2. The molecule has 2 rings (SSSR count). The van der Waals surface area contributed by atoms with Crippen LogP contribution in [0.15, 0.2) is 18.2 Å². The molecule has 0 amide bonds. The van der Waals surface area contributed by atoms with E-state index >= 15 is 0 Å². The van der Waals surface area contributed by atoms with Crippen LogP contribution in [-0.2, 0) is 21.2 Å². The molecule has 0 spiro atoms. The van der Waals surface area contributed by atoms with Gasteiger partial charge in [-0.1, -0.05) is 12.1 Å². The topological polar surface area (TPSA) is 72.6 Å². The Kier molecular flexibility index (Phi) is 3.77. The number of hydrogen-bond donors (Lipinski definition) is 1. The monoisotopic (exact) mass is 270 g/mol. The van der Waals surface area contributed by atoms with Gasteiger partial charge in [0.2, 0.25) is 10.0 Å². The Labute approximate surface area is 108 Å². The van der Waals surface area contributed by atoms with Crippen molar-refractivity contribution >= 4 is 21.4 Å². The van der Waals surface area contributed by atoms with E-state index in [2.05, 4.69) is 0 Å². The maximum Gasteiger partial charge on any atom is 0.237 e. The second-order valence-corrected chi connectivity index (χ2v) is 6.20. The lowest BCUT2D eigenvalue weighted by atomic mass is 10.1. The van der Waals surface area contributed by atoms with E-state index in [4.69, 9.17) is 10.5 Å². The number of nitrogens with zero attached hydrogens (tertiary/aromatic N) is 1. The number of nitrogen functional groups attached to an aromatic ring is 1. The van der Waals surface area contributed by atoms with Gasteiger partial charge in [0, 0.05) is 13.2 Å². The zero-order valence-electron chi connectivity index (χ0n) is 10.4. The van der Waals surface area contributed by atoms with Gasteiger partial charge in [-0.25, -0.2) is 8.42 Å². The highest BCUT2D eigenvalue weighted by molar-refractivity contribution is 7.92. The third-order valence-corrected chi connectivity index (χ3v) is 4.73. The van der Waals surface area contributed by atoms with Gasteiger partial charge < -0.3 is 10.5 Å². The van der Waals surface area contributed by atoms with Gasteiger partial charge in [-0.05, 0) is 25.0 Å². The summed E-state index contributed by atoms with van der Waals surface area (Å²) in [5.41, 5.74) is 8.04. The molecule has 0 unspecified atom stereocenters. The molecule has 0 atom stereocenters. The number of para-hydroxylation sites is 1. The first kappa shape index (κ1) is 13.2. The smallest absolute Gasteiger partial charge is 0.237 e. The number of anilines is 2. The lowest BCUT2D eigenvalue weighted by Crippen LogP contribution is -2.33. The van der Waals surface area contributed by atoms with Gasteiger partial charge >= 0.3 is 0 Å². The second-order valence-electron chi connectivity index (χ2n) is 4.19. The summed E-state index contributed by atoms with van der Waals surface area (Å²) in [4.78, 5) is 0. The molecule has 0 radical (unpaired) electrons. The Morgan fingerprint density at radius 3 is 2.94 bits per heavy atom. The summed E-state index contributed by atoms with van der Waals surface area (Å²) in [7, 11) is -3.34. The fraction of sp³-hybridized carbons (Fsp3) is 0.500. The number of sulfonamides is 1. The summed E-state index contributed by atoms with van der Waals surface area (Å²) in [6, 6.07) is 5.50. The zero-order chi connectivity index (χ0) is 13.2. The predicted octanol–water partition coefficient (Wildman–Crippen LogP) is 0.998. The maximum atomic E-state index is 12.2. The minimum atomic E-state index is -3.34. The van der Waals surface area contributed by atoms with Crippen molar-refractivity contribution in [3.63, 3.8) is 0 Å². The van der Waals surface area contributed by atoms with Gasteiger partial charge in [-0.2, -0.15) is 0 Å². The lowest BCUT2D eigenvalue weighted by molar-refractivity contribution is 0.163. The van der Waals surface area contributed by atoms with Gasteiger partial charge in [-0.3, -0.25) is 4.31 Å². The number of nitrogens with two attached hydrogens (primary N) is 1. The van der Waals surface area contributed by atoms with E-state index in [1.807, 2.05) is 19.1 Å². The van der Waals surface area contributed by atoms with Crippen LogP contribution in [-0.4, -0.2) is 33.9 Å². The molecule has 0 bridgehead atoms. The van der Waals surface area contributed by atoms with Crippen LogP contribution in [0.1, 0.15) is 12.5 Å². The van der Waals surface area contributed by atoms with E-state index < -0.39 is 10.0 Å². The first-order valence-electron chi connectivity index (χ1n) is 6.02. The van der Waals surface area contributed by atoms with Crippen molar-refractivity contribution in [2.75, 3.05) is 35.6 Å². The Morgan fingerprint density at radius 2 is 2.22 bits per heavy atom. The first-order chi connectivity index (χ1) is 8.56. The van der Waals surface area contributed by atoms with Crippen LogP contribution in [0, 0.1) is 0 Å². The number of rotatable bonds is 5. The van der Waals surface area contributed by atoms with Crippen molar-refractivity contribution in [2.24, 2.45) is 0 Å². The van der Waals surface area contributed by atoms with Crippen LogP contribution in [0.3, 0.4) is 0 Å². The quantitative estimate of drug-likeness (QED) is 0.640. The minimum Gasteiger partial charge on any atom is -0.397 e. The molecule has 0 fully saturated rings. The van der Waals surface area contributed by atoms with Gasteiger partial charge in [0.05, 0.1) is 23.7 Å². The molecule has 2 N–H and O–H groups in total. The summed E-state index contributed by atoms with van der Waals surface area (Å²) >= 11 is 0. The molecule has 0 aromatic heterocycles. The van der Waals surface area contributed by atoms with Crippen LogP contribution >= 0.6 is 0 Å². The Morgan fingerprint density at radius 1 is 1.44 bits per heavy atom. The Hall–Kier alpha value is -1.27. The van der Waals surface area contributed by atoms with Crippen LogP contribution in [0.2, 0.25) is 0 Å². The van der Waals surface area contributed by atoms with E-state index in [-0.39, 0.29) is 12.4 Å². The number of benzene rings is 1. The molecule has 1 aromatic rings. The third-order valence-electron chi connectivity index (χ3n) is 3.01. The molecule has 100 valence electrons. The molecule has 1 heterocycles. The number of hydrogen-bond acceptors (Lipinski definition) is 4. The molecule has 1 aromatic carbocycles. The normalized spacial score (nSPS) is 14.8. The minimum absolute atomic E-state index is 0.00534. The fourth-order valence-electron chi connectivity index (χ4n) is 2.15. The molecule has 6 heteroatoms. The van der Waals surface area contributed by atoms with Crippen LogP contribution in [0.25, 0.3) is 0 Å². The highest BCUT2D eigenvalue weighted by atomic mass is 32.2. The largest absolute Gasteiger partial charge is 0.397 e. The maximum absolute atomic E-state index is 12.2. The van der Waals surface area contributed by atoms with Crippen molar-refractivity contribution in [3.8, 4) is 0 Å². The van der Waals surface area contributed by atoms with Crippen molar-refractivity contribution in [3.05, 3.63) is 23.8 Å². The van der Waals surface area contributed by atoms with Crippen LogP contribution in [0.5, 0.6) is 0 Å². The second kappa shape index (κ2) is 5.16. The van der Waals surface area contributed by atoms with Gasteiger partial charge in [-0.15, -0.1) is 0 Å². The summed E-state index contributed by atoms with van der Waals surface area (Å²) in [5.74, 6) is -0.00534. The van der Waals surface area contributed by atoms with Crippen molar-refractivity contribution in [1.82, 2.24) is 0 Å². The summed E-state index contributed by atoms with van der Waals surface area (Å²) in [6.45, 7) is 3.05. The molecule has 1 aliphatic rings. The Bertz CT molecular complexity index is 528. The van der Waals surface area contributed by atoms with E-state index in [1.54, 1.807) is 6.07 Å². The molecule has 18 heavy (non-hydrogen) atoms. The lowest BCUT2D eigenvalue weighted by Gasteiger charge is -2.20. The van der Waals surface area contributed by atoms with Gasteiger partial charge in [0.25, 0.3) is 0 Å². The predicted molar refractivity (Wildman–Crippen MR) is 72.2 cm³/mol. The van der Waals surface area contributed by atoms with Crippen molar-refractivity contribution < 1.29 is 13.2 Å². The average molecular weight is 270 g/mol. The Balaban J connectivity index is 2.22. The molecule has 0 aliphatic carbocycles. The van der Waals surface area contributed by atoms with E-state index in [9.17, 15) is 8.42 Å². The SMILES string of the molecule is CCOCCS(=O)(=O)N1CCc2cccc(N)c21. The van der Waals surface area contributed by atoms with Gasteiger partial charge in [0.1, 0.15) is 0 Å². The van der Waals surface area contributed by atoms with Crippen molar-refractivity contribution in [1.29, 1.82) is 0 Å². The highest BCUT2D eigenvalue weighted by Crippen LogP contribution is 2.35. The molecule has 5 nitrogen and oxygen atoms in total. The first-order valence-corrected chi connectivity index (χ1v) is 7.62. The average Bonchev–Trinajstić information content (AvgIpc) is 2.75. The standard InChI is InChI=1S/C12H18N2O3S/c1-2-17-8-9-18(15,16)14-7-6-10-4-3-5-11(13)12(10)14/h3-5H,2,6-9,13H2,1H3. The third kappa shape index (κ3) is 2.44. The molecular formula is C12H18N2O3S. The van der Waals surface area contributed by atoms with E-state index in [0.29, 0.717) is 30.9 Å². The van der Waals surface area contributed by atoms with Crippen LogP contribution < -0.4 is 10.0 Å². The van der Waals surface area contributed by atoms with E-state index in [0.717, 1.165) is 5.56 Å². The van der Waals surface area contributed by atoms with Gasteiger partial charge in [0.15, 0.2) is 0 Å².